The summed E-state index contributed by atoms with van der Waals surface area (Å²) in [5.74, 6) is 1.02. The minimum atomic E-state index is -0.614. The third-order valence-electron chi connectivity index (χ3n) is 2.04. The summed E-state index contributed by atoms with van der Waals surface area (Å²) < 4.78 is 5.42. The van der Waals surface area contributed by atoms with E-state index in [0.29, 0.717) is 6.61 Å². The normalized spacial score (nSPS) is 12.6. The molecule has 1 unspecified atom stereocenters. The number of hydrogen-bond donors (Lipinski definition) is 1. The van der Waals surface area contributed by atoms with Crippen LogP contribution in [0.4, 0.5) is 0 Å². The van der Waals surface area contributed by atoms with Crippen LogP contribution in [-0.4, -0.2) is 17.6 Å². The highest BCUT2D eigenvalue weighted by atomic mass is 35.5. The van der Waals surface area contributed by atoms with Crippen molar-refractivity contribution in [1.82, 2.24) is 0 Å². The molecule has 0 aliphatic heterocycles. The van der Waals surface area contributed by atoms with Crippen molar-refractivity contribution < 1.29 is 9.84 Å². The van der Waals surface area contributed by atoms with Crippen molar-refractivity contribution >= 4 is 11.6 Å². The fourth-order valence-electron chi connectivity index (χ4n) is 1.22. The molecule has 1 atom stereocenters. The zero-order valence-corrected chi connectivity index (χ0v) is 9.21. The lowest BCUT2D eigenvalue weighted by molar-refractivity contribution is 0.202. The average molecular weight is 215 g/mol. The number of aryl methyl sites for hydroxylation is 1. The Bertz CT molecular complexity index is 299. The number of alkyl halides is 1. The van der Waals surface area contributed by atoms with Crippen LogP contribution in [0, 0.1) is 6.92 Å². The highest BCUT2D eigenvalue weighted by molar-refractivity contribution is 6.18. The fraction of sp³-hybridized carbons (Fsp3) is 0.455. The monoisotopic (exact) mass is 214 g/mol. The second-order valence-corrected chi connectivity index (χ2v) is 3.44. The molecule has 0 heterocycles. The first-order valence-corrected chi connectivity index (χ1v) is 5.19. The molecular weight excluding hydrogens is 200 g/mol. The summed E-state index contributed by atoms with van der Waals surface area (Å²) in [4.78, 5) is 0. The second kappa shape index (κ2) is 5.23. The van der Waals surface area contributed by atoms with E-state index in [-0.39, 0.29) is 5.88 Å². The Morgan fingerprint density at radius 2 is 2.21 bits per heavy atom. The highest BCUT2D eigenvalue weighted by Gasteiger charge is 2.08. The first-order valence-electron chi connectivity index (χ1n) is 4.66. The quantitative estimate of drug-likeness (QED) is 0.781. The summed E-state index contributed by atoms with van der Waals surface area (Å²) in [6.07, 6.45) is -0.614. The third-order valence-corrected chi connectivity index (χ3v) is 2.34. The Hall–Kier alpha value is -0.730. The lowest BCUT2D eigenvalue weighted by Crippen LogP contribution is -2.01. The number of halogens is 1. The molecule has 0 saturated carbocycles. The van der Waals surface area contributed by atoms with E-state index in [1.807, 2.05) is 32.0 Å². The van der Waals surface area contributed by atoms with Gasteiger partial charge in [-0.25, -0.2) is 0 Å². The number of aliphatic hydroxyl groups is 1. The van der Waals surface area contributed by atoms with Crippen molar-refractivity contribution in [3.05, 3.63) is 29.3 Å². The zero-order chi connectivity index (χ0) is 10.6. The van der Waals surface area contributed by atoms with Gasteiger partial charge in [0.05, 0.1) is 18.6 Å². The predicted molar refractivity (Wildman–Crippen MR) is 58.0 cm³/mol. The van der Waals surface area contributed by atoms with Crippen LogP contribution in [0.3, 0.4) is 0 Å². The topological polar surface area (TPSA) is 29.5 Å². The third kappa shape index (κ3) is 2.63. The van der Waals surface area contributed by atoms with E-state index >= 15 is 0 Å². The van der Waals surface area contributed by atoms with E-state index in [1.165, 1.54) is 0 Å². The van der Waals surface area contributed by atoms with Gasteiger partial charge in [-0.05, 0) is 31.0 Å². The van der Waals surface area contributed by atoms with E-state index in [0.717, 1.165) is 16.9 Å². The van der Waals surface area contributed by atoms with Crippen LogP contribution < -0.4 is 4.74 Å². The molecule has 1 N–H and O–H groups in total. The lowest BCUT2D eigenvalue weighted by Gasteiger charge is -2.11. The van der Waals surface area contributed by atoms with Gasteiger partial charge >= 0.3 is 0 Å². The van der Waals surface area contributed by atoms with E-state index in [4.69, 9.17) is 16.3 Å². The molecule has 3 heteroatoms. The molecule has 0 spiro atoms. The molecule has 0 amide bonds. The summed E-state index contributed by atoms with van der Waals surface area (Å²) >= 11 is 5.56. The van der Waals surface area contributed by atoms with Crippen molar-refractivity contribution in [2.24, 2.45) is 0 Å². The smallest absolute Gasteiger partial charge is 0.122 e. The van der Waals surface area contributed by atoms with Crippen molar-refractivity contribution in [2.45, 2.75) is 20.0 Å². The standard InChI is InChI=1S/C11H15ClO2/c1-3-14-11-6-9(10(13)7-12)5-4-8(11)2/h4-6,10,13H,3,7H2,1-2H3. The first-order chi connectivity index (χ1) is 6.69. The zero-order valence-electron chi connectivity index (χ0n) is 8.46. The minimum absolute atomic E-state index is 0.203. The van der Waals surface area contributed by atoms with E-state index in [9.17, 15) is 5.11 Å². The maximum atomic E-state index is 9.53. The molecule has 0 aromatic heterocycles. The minimum Gasteiger partial charge on any atom is -0.494 e. The van der Waals surface area contributed by atoms with Crippen molar-refractivity contribution in [3.8, 4) is 5.75 Å². The molecule has 78 valence electrons. The van der Waals surface area contributed by atoms with Crippen LogP contribution >= 0.6 is 11.6 Å². The number of ether oxygens (including phenoxy) is 1. The van der Waals surface area contributed by atoms with Gasteiger partial charge in [-0.2, -0.15) is 0 Å². The van der Waals surface area contributed by atoms with Gasteiger partial charge in [0.2, 0.25) is 0 Å². The summed E-state index contributed by atoms with van der Waals surface area (Å²) in [5.41, 5.74) is 1.87. The summed E-state index contributed by atoms with van der Waals surface area (Å²) in [7, 11) is 0. The van der Waals surface area contributed by atoms with E-state index in [2.05, 4.69) is 0 Å². The molecule has 0 bridgehead atoms. The molecule has 1 aromatic rings. The Morgan fingerprint density at radius 3 is 2.79 bits per heavy atom. The van der Waals surface area contributed by atoms with Gasteiger partial charge in [-0.15, -0.1) is 11.6 Å². The summed E-state index contributed by atoms with van der Waals surface area (Å²) in [5, 5.41) is 9.53. The summed E-state index contributed by atoms with van der Waals surface area (Å²) in [6.45, 7) is 4.53. The molecule has 1 aromatic carbocycles. The average Bonchev–Trinajstić information content (AvgIpc) is 2.20. The maximum Gasteiger partial charge on any atom is 0.122 e. The number of hydrogen-bond acceptors (Lipinski definition) is 2. The van der Waals surface area contributed by atoms with Crippen molar-refractivity contribution in [3.63, 3.8) is 0 Å². The number of benzene rings is 1. The van der Waals surface area contributed by atoms with E-state index in [1.54, 1.807) is 0 Å². The van der Waals surface area contributed by atoms with E-state index < -0.39 is 6.10 Å². The van der Waals surface area contributed by atoms with Gasteiger partial charge in [0, 0.05) is 0 Å². The van der Waals surface area contributed by atoms with Crippen LogP contribution in [-0.2, 0) is 0 Å². The SMILES string of the molecule is CCOc1cc(C(O)CCl)ccc1C. The molecule has 0 aliphatic carbocycles. The van der Waals surface area contributed by atoms with Crippen LogP contribution in [0.15, 0.2) is 18.2 Å². The fourth-order valence-corrected chi connectivity index (χ4v) is 1.40. The van der Waals surface area contributed by atoms with Gasteiger partial charge in [-0.3, -0.25) is 0 Å². The van der Waals surface area contributed by atoms with Gasteiger partial charge < -0.3 is 9.84 Å². The van der Waals surface area contributed by atoms with Crippen LogP contribution in [0.5, 0.6) is 5.75 Å². The Morgan fingerprint density at radius 1 is 1.50 bits per heavy atom. The van der Waals surface area contributed by atoms with Crippen molar-refractivity contribution in [2.75, 3.05) is 12.5 Å². The molecule has 14 heavy (non-hydrogen) atoms. The lowest BCUT2D eigenvalue weighted by atomic mass is 10.1. The van der Waals surface area contributed by atoms with Crippen molar-refractivity contribution in [1.29, 1.82) is 0 Å². The molecule has 2 nitrogen and oxygen atoms in total. The molecule has 0 radical (unpaired) electrons. The van der Waals surface area contributed by atoms with Crippen LogP contribution in [0.25, 0.3) is 0 Å². The largest absolute Gasteiger partial charge is 0.494 e. The predicted octanol–water partition coefficient (Wildman–Crippen LogP) is 2.67. The summed E-state index contributed by atoms with van der Waals surface area (Å²) in [6, 6.07) is 5.63. The van der Waals surface area contributed by atoms with Crippen LogP contribution in [0.2, 0.25) is 0 Å². The van der Waals surface area contributed by atoms with Gasteiger partial charge in [0.25, 0.3) is 0 Å². The van der Waals surface area contributed by atoms with Gasteiger partial charge in [-0.1, -0.05) is 12.1 Å². The van der Waals surface area contributed by atoms with Gasteiger partial charge in [0.15, 0.2) is 0 Å². The number of aliphatic hydroxyl groups excluding tert-OH is 1. The second-order valence-electron chi connectivity index (χ2n) is 3.13. The Labute approximate surface area is 89.5 Å². The van der Waals surface area contributed by atoms with Crippen LogP contribution in [0.1, 0.15) is 24.2 Å². The molecule has 0 fully saturated rings. The maximum absolute atomic E-state index is 9.53. The number of rotatable bonds is 4. The first kappa shape index (κ1) is 11.3. The Balaban J connectivity index is 2.93. The highest BCUT2D eigenvalue weighted by Crippen LogP contribution is 2.24. The molecule has 1 rings (SSSR count). The molecule has 0 aliphatic rings. The Kier molecular flexibility index (Phi) is 4.23. The molecular formula is C11H15ClO2. The van der Waals surface area contributed by atoms with Gasteiger partial charge in [0.1, 0.15) is 5.75 Å². The molecule has 0 saturated heterocycles.